The molecule has 0 fully saturated rings. The number of methoxy groups -OCH3 is 1. The Hall–Kier alpha value is -2.04. The van der Waals surface area contributed by atoms with Crippen LogP contribution < -0.4 is 10.1 Å². The second kappa shape index (κ2) is 8.18. The highest BCUT2D eigenvalue weighted by Gasteiger charge is 2.09. The molecule has 0 saturated heterocycles. The third-order valence-corrected chi connectivity index (χ3v) is 4.14. The summed E-state index contributed by atoms with van der Waals surface area (Å²) >= 11 is 0. The summed E-state index contributed by atoms with van der Waals surface area (Å²) in [5, 5.41) is 4.41. The van der Waals surface area contributed by atoms with Gasteiger partial charge in [0, 0.05) is 28.7 Å². The lowest BCUT2D eigenvalue weighted by Crippen LogP contribution is -2.17. The molecule has 3 nitrogen and oxygen atoms in total. The molecule has 0 atom stereocenters. The van der Waals surface area contributed by atoms with Gasteiger partial charge in [0.1, 0.15) is 11.6 Å². The Morgan fingerprint density at radius 2 is 1.96 bits per heavy atom. The Morgan fingerprint density at radius 3 is 2.75 bits per heavy atom. The van der Waals surface area contributed by atoms with Crippen molar-refractivity contribution in [3.8, 4) is 5.75 Å². The first kappa shape index (κ1) is 18.3. The van der Waals surface area contributed by atoms with Gasteiger partial charge in [-0.3, -0.25) is 0 Å². The molecule has 0 aliphatic heterocycles. The van der Waals surface area contributed by atoms with Crippen molar-refractivity contribution in [1.29, 1.82) is 0 Å². The van der Waals surface area contributed by atoms with Crippen molar-refractivity contribution in [2.45, 2.75) is 19.9 Å². The van der Waals surface area contributed by atoms with E-state index in [-0.39, 0.29) is 18.2 Å². The third kappa shape index (κ3) is 3.89. The SMILES string of the molecule is COc1ccccc1CNCCc1c(C)[nH]c2ccc(F)cc12.Cl. The van der Waals surface area contributed by atoms with Gasteiger partial charge in [-0.25, -0.2) is 4.39 Å². The van der Waals surface area contributed by atoms with E-state index in [1.165, 1.54) is 11.6 Å². The van der Waals surface area contributed by atoms with Gasteiger partial charge in [-0.1, -0.05) is 18.2 Å². The summed E-state index contributed by atoms with van der Waals surface area (Å²) in [7, 11) is 1.68. The minimum atomic E-state index is -0.195. The molecule has 0 aliphatic rings. The smallest absolute Gasteiger partial charge is 0.123 e. The number of benzene rings is 2. The van der Waals surface area contributed by atoms with Crippen molar-refractivity contribution in [1.82, 2.24) is 10.3 Å². The van der Waals surface area contributed by atoms with Gasteiger partial charge in [-0.2, -0.15) is 0 Å². The quantitative estimate of drug-likeness (QED) is 0.649. The first-order valence-corrected chi connectivity index (χ1v) is 7.78. The molecule has 5 heteroatoms. The number of halogens is 2. The number of ether oxygens (including phenoxy) is 1. The van der Waals surface area contributed by atoms with Gasteiger partial charge in [0.2, 0.25) is 0 Å². The van der Waals surface area contributed by atoms with Crippen molar-refractivity contribution in [3.63, 3.8) is 0 Å². The summed E-state index contributed by atoms with van der Waals surface area (Å²) in [6.45, 7) is 3.61. The maximum absolute atomic E-state index is 13.5. The van der Waals surface area contributed by atoms with Crippen LogP contribution in [0.4, 0.5) is 4.39 Å². The van der Waals surface area contributed by atoms with E-state index in [0.29, 0.717) is 0 Å². The van der Waals surface area contributed by atoms with E-state index in [1.54, 1.807) is 19.2 Å². The van der Waals surface area contributed by atoms with Crippen LogP contribution in [0.25, 0.3) is 10.9 Å². The van der Waals surface area contributed by atoms with Crippen molar-refractivity contribution >= 4 is 23.3 Å². The van der Waals surface area contributed by atoms with Crippen LogP contribution >= 0.6 is 12.4 Å². The van der Waals surface area contributed by atoms with E-state index in [2.05, 4.69) is 16.4 Å². The van der Waals surface area contributed by atoms with E-state index in [4.69, 9.17) is 4.74 Å². The summed E-state index contributed by atoms with van der Waals surface area (Å²) < 4.78 is 18.8. The van der Waals surface area contributed by atoms with Crippen LogP contribution in [0.3, 0.4) is 0 Å². The zero-order chi connectivity index (χ0) is 16.2. The number of H-pyrrole nitrogens is 1. The highest BCUT2D eigenvalue weighted by atomic mass is 35.5. The number of hydrogen-bond acceptors (Lipinski definition) is 2. The third-order valence-electron chi connectivity index (χ3n) is 4.14. The van der Waals surface area contributed by atoms with Gasteiger partial charge in [0.05, 0.1) is 7.11 Å². The van der Waals surface area contributed by atoms with Gasteiger partial charge in [0.25, 0.3) is 0 Å². The highest BCUT2D eigenvalue weighted by molar-refractivity contribution is 5.85. The number of aromatic amines is 1. The lowest BCUT2D eigenvalue weighted by Gasteiger charge is -2.09. The molecule has 0 amide bonds. The number of para-hydroxylation sites is 1. The number of aromatic nitrogens is 1. The molecule has 0 aliphatic carbocycles. The number of hydrogen-bond donors (Lipinski definition) is 2. The summed E-state index contributed by atoms with van der Waals surface area (Å²) in [6, 6.07) is 12.9. The average molecular weight is 349 g/mol. The number of fused-ring (bicyclic) bond motifs is 1. The monoisotopic (exact) mass is 348 g/mol. The molecule has 128 valence electrons. The molecule has 2 aromatic carbocycles. The molecule has 0 radical (unpaired) electrons. The highest BCUT2D eigenvalue weighted by Crippen LogP contribution is 2.23. The van der Waals surface area contributed by atoms with Crippen molar-refractivity contribution < 1.29 is 9.13 Å². The summed E-state index contributed by atoms with van der Waals surface area (Å²) in [4.78, 5) is 3.32. The van der Waals surface area contributed by atoms with Crippen molar-refractivity contribution in [2.24, 2.45) is 0 Å². The average Bonchev–Trinajstić information content (AvgIpc) is 2.87. The Kier molecular flexibility index (Phi) is 6.23. The fourth-order valence-electron chi connectivity index (χ4n) is 2.96. The second-order valence-corrected chi connectivity index (χ2v) is 5.66. The molecule has 1 heterocycles. The van der Waals surface area contributed by atoms with Crippen molar-refractivity contribution in [3.05, 3.63) is 65.1 Å². The van der Waals surface area contributed by atoms with Gasteiger partial charge in [-0.15, -0.1) is 12.4 Å². The van der Waals surface area contributed by atoms with Gasteiger partial charge < -0.3 is 15.0 Å². The predicted molar refractivity (Wildman–Crippen MR) is 98.6 cm³/mol. The standard InChI is InChI=1S/C19H21FN2O.ClH/c1-13-16(17-11-15(20)7-8-18(17)22-13)9-10-21-12-14-5-3-4-6-19(14)23-2;/h3-8,11,21-22H,9-10,12H2,1-2H3;1H. The zero-order valence-corrected chi connectivity index (χ0v) is 14.7. The maximum atomic E-state index is 13.5. The van der Waals surface area contributed by atoms with Crippen LogP contribution in [0.15, 0.2) is 42.5 Å². The minimum absolute atomic E-state index is 0. The van der Waals surface area contributed by atoms with E-state index in [0.717, 1.165) is 47.4 Å². The van der Waals surface area contributed by atoms with E-state index in [1.807, 2.05) is 25.1 Å². The predicted octanol–water partition coefficient (Wildman–Crippen LogP) is 4.38. The molecule has 0 saturated carbocycles. The summed E-state index contributed by atoms with van der Waals surface area (Å²) in [5.41, 5.74) is 4.40. The molecule has 3 aromatic rings. The lowest BCUT2D eigenvalue weighted by atomic mass is 10.1. The van der Waals surface area contributed by atoms with Crippen LogP contribution in [0.5, 0.6) is 5.75 Å². The van der Waals surface area contributed by atoms with Crippen LogP contribution in [-0.2, 0) is 13.0 Å². The molecule has 0 bridgehead atoms. The number of aryl methyl sites for hydroxylation is 1. The Morgan fingerprint density at radius 1 is 1.17 bits per heavy atom. The van der Waals surface area contributed by atoms with Crippen molar-refractivity contribution in [2.75, 3.05) is 13.7 Å². The largest absolute Gasteiger partial charge is 0.496 e. The Balaban J connectivity index is 0.00000208. The maximum Gasteiger partial charge on any atom is 0.123 e. The van der Waals surface area contributed by atoms with Gasteiger partial charge >= 0.3 is 0 Å². The minimum Gasteiger partial charge on any atom is -0.496 e. The van der Waals surface area contributed by atoms with E-state index < -0.39 is 0 Å². The normalized spacial score (nSPS) is 10.6. The fourth-order valence-corrected chi connectivity index (χ4v) is 2.96. The van der Waals surface area contributed by atoms with Crippen LogP contribution in [0.1, 0.15) is 16.8 Å². The molecule has 3 rings (SSSR count). The first-order chi connectivity index (χ1) is 11.2. The van der Waals surface area contributed by atoms with Crippen LogP contribution in [-0.4, -0.2) is 18.6 Å². The number of rotatable bonds is 6. The van der Waals surface area contributed by atoms with Gasteiger partial charge in [-0.05, 0) is 49.7 Å². The van der Waals surface area contributed by atoms with Crippen LogP contribution in [0.2, 0.25) is 0 Å². The fraction of sp³-hybridized carbons (Fsp3) is 0.263. The van der Waals surface area contributed by atoms with E-state index in [9.17, 15) is 4.39 Å². The summed E-state index contributed by atoms with van der Waals surface area (Å²) in [5.74, 6) is 0.699. The molecular formula is C19H22ClFN2O. The molecule has 0 unspecified atom stereocenters. The molecule has 2 N–H and O–H groups in total. The Labute approximate surface area is 147 Å². The van der Waals surface area contributed by atoms with Gasteiger partial charge in [0.15, 0.2) is 0 Å². The number of nitrogens with one attached hydrogen (secondary N) is 2. The molecular weight excluding hydrogens is 327 g/mol. The second-order valence-electron chi connectivity index (χ2n) is 5.66. The van der Waals surface area contributed by atoms with Crippen LogP contribution in [0, 0.1) is 12.7 Å². The molecule has 0 spiro atoms. The lowest BCUT2D eigenvalue weighted by molar-refractivity contribution is 0.408. The topological polar surface area (TPSA) is 37.0 Å². The molecule has 1 aromatic heterocycles. The Bertz CT molecular complexity index is 816. The molecule has 24 heavy (non-hydrogen) atoms. The zero-order valence-electron chi connectivity index (χ0n) is 13.9. The van der Waals surface area contributed by atoms with E-state index >= 15 is 0 Å². The summed E-state index contributed by atoms with van der Waals surface area (Å²) in [6.07, 6.45) is 0.852. The first-order valence-electron chi connectivity index (χ1n) is 7.78.